The van der Waals surface area contributed by atoms with Crippen molar-refractivity contribution in [3.05, 3.63) is 28.3 Å². The van der Waals surface area contributed by atoms with Crippen LogP contribution in [-0.4, -0.2) is 25.5 Å². The van der Waals surface area contributed by atoms with Gasteiger partial charge in [0.05, 0.1) is 18.7 Å². The van der Waals surface area contributed by atoms with Crippen LogP contribution in [0.1, 0.15) is 28.8 Å². The van der Waals surface area contributed by atoms with E-state index in [0.717, 1.165) is 24.9 Å². The second-order valence-corrected chi connectivity index (χ2v) is 4.72. The number of Topliss-reactive ketones (excluding diaryl/α,β-unsaturated/α-hetero) is 1. The number of aryl methyl sites for hydroxylation is 1. The Bertz CT molecular complexity index is 439. The third kappa shape index (κ3) is 2.45. The molecule has 3 nitrogen and oxygen atoms in total. The van der Waals surface area contributed by atoms with Gasteiger partial charge in [0.25, 0.3) is 0 Å². The first-order valence-corrected chi connectivity index (χ1v) is 6.13. The molecular weight excluding hydrogens is 238 g/mol. The molecule has 1 aromatic carbocycles. The van der Waals surface area contributed by atoms with Gasteiger partial charge in [0.1, 0.15) is 5.75 Å². The first-order chi connectivity index (χ1) is 8.13. The van der Waals surface area contributed by atoms with Gasteiger partial charge >= 0.3 is 0 Å². The number of methoxy groups -OCH3 is 1. The molecule has 17 heavy (non-hydrogen) atoms. The van der Waals surface area contributed by atoms with Crippen LogP contribution >= 0.6 is 11.6 Å². The highest BCUT2D eigenvalue weighted by Gasteiger charge is 2.26. The lowest BCUT2D eigenvalue weighted by Crippen LogP contribution is -2.31. The predicted octanol–water partition coefficient (Wildman–Crippen LogP) is 2.59. The van der Waals surface area contributed by atoms with Crippen molar-refractivity contribution in [2.45, 2.75) is 25.8 Å². The molecule has 1 aromatic rings. The Morgan fingerprint density at radius 3 is 2.88 bits per heavy atom. The quantitative estimate of drug-likeness (QED) is 0.842. The van der Waals surface area contributed by atoms with E-state index in [4.69, 9.17) is 16.3 Å². The van der Waals surface area contributed by atoms with Gasteiger partial charge in [-0.2, -0.15) is 0 Å². The lowest BCUT2D eigenvalue weighted by Gasteiger charge is -2.13. The highest BCUT2D eigenvalue weighted by Crippen LogP contribution is 2.28. The molecule has 0 amide bonds. The zero-order valence-electron chi connectivity index (χ0n) is 10.0. The summed E-state index contributed by atoms with van der Waals surface area (Å²) in [6.45, 7) is 2.80. The Morgan fingerprint density at radius 2 is 2.29 bits per heavy atom. The highest BCUT2D eigenvalue weighted by atomic mass is 35.5. The van der Waals surface area contributed by atoms with Crippen LogP contribution in [0.4, 0.5) is 0 Å². The van der Waals surface area contributed by atoms with Crippen LogP contribution in [0.2, 0.25) is 5.02 Å². The molecule has 1 saturated heterocycles. The van der Waals surface area contributed by atoms with E-state index in [9.17, 15) is 4.79 Å². The SMILES string of the molecule is COc1cc(C)c(Cl)cc1C(=O)C1CCCN1. The molecule has 1 aliphatic heterocycles. The average molecular weight is 254 g/mol. The van der Waals surface area contributed by atoms with Gasteiger partial charge in [0.15, 0.2) is 5.78 Å². The summed E-state index contributed by atoms with van der Waals surface area (Å²) in [5.74, 6) is 0.673. The van der Waals surface area contributed by atoms with E-state index in [0.29, 0.717) is 16.3 Å². The molecule has 1 N–H and O–H groups in total. The van der Waals surface area contributed by atoms with Crippen LogP contribution < -0.4 is 10.1 Å². The second-order valence-electron chi connectivity index (χ2n) is 4.31. The minimum Gasteiger partial charge on any atom is -0.496 e. The number of benzene rings is 1. The van der Waals surface area contributed by atoms with E-state index in [1.165, 1.54) is 0 Å². The van der Waals surface area contributed by atoms with Gasteiger partial charge in [-0.15, -0.1) is 0 Å². The summed E-state index contributed by atoms with van der Waals surface area (Å²) < 4.78 is 5.25. The molecule has 0 saturated carbocycles. The summed E-state index contributed by atoms with van der Waals surface area (Å²) in [7, 11) is 1.57. The normalized spacial score (nSPS) is 19.4. The molecule has 0 aliphatic carbocycles. The van der Waals surface area contributed by atoms with Gasteiger partial charge in [0, 0.05) is 5.02 Å². The number of hydrogen-bond acceptors (Lipinski definition) is 3. The first-order valence-electron chi connectivity index (χ1n) is 5.75. The Labute approximate surface area is 106 Å². The molecule has 92 valence electrons. The van der Waals surface area contributed by atoms with Crippen LogP contribution in [0.3, 0.4) is 0 Å². The Kier molecular flexibility index (Phi) is 3.69. The third-order valence-electron chi connectivity index (χ3n) is 3.12. The lowest BCUT2D eigenvalue weighted by molar-refractivity contribution is 0.0949. The molecule has 0 spiro atoms. The van der Waals surface area contributed by atoms with Crippen molar-refractivity contribution in [2.24, 2.45) is 0 Å². The fourth-order valence-corrected chi connectivity index (χ4v) is 2.28. The Hall–Kier alpha value is -1.06. The van der Waals surface area contributed by atoms with Gasteiger partial charge in [-0.25, -0.2) is 0 Å². The number of carbonyl (C=O) groups is 1. The van der Waals surface area contributed by atoms with E-state index in [-0.39, 0.29) is 11.8 Å². The first kappa shape index (κ1) is 12.4. The zero-order valence-corrected chi connectivity index (χ0v) is 10.8. The maximum Gasteiger partial charge on any atom is 0.183 e. The third-order valence-corrected chi connectivity index (χ3v) is 3.53. The van der Waals surface area contributed by atoms with Crippen LogP contribution in [0.25, 0.3) is 0 Å². The molecule has 4 heteroatoms. The molecule has 1 heterocycles. The smallest absolute Gasteiger partial charge is 0.183 e. The van der Waals surface area contributed by atoms with Crippen molar-refractivity contribution in [1.82, 2.24) is 5.32 Å². The largest absolute Gasteiger partial charge is 0.496 e. The van der Waals surface area contributed by atoms with Gasteiger partial charge in [0.2, 0.25) is 0 Å². The monoisotopic (exact) mass is 253 g/mol. The molecule has 1 aliphatic rings. The molecule has 1 unspecified atom stereocenters. The lowest BCUT2D eigenvalue weighted by atomic mass is 10.0. The summed E-state index contributed by atoms with van der Waals surface area (Å²) in [4.78, 5) is 12.3. The van der Waals surface area contributed by atoms with E-state index in [2.05, 4.69) is 5.32 Å². The van der Waals surface area contributed by atoms with Gasteiger partial charge < -0.3 is 10.1 Å². The maximum absolute atomic E-state index is 12.3. The van der Waals surface area contributed by atoms with Crippen molar-refractivity contribution in [3.8, 4) is 5.75 Å². The topological polar surface area (TPSA) is 38.3 Å². The van der Waals surface area contributed by atoms with Crippen molar-refractivity contribution in [1.29, 1.82) is 0 Å². The number of nitrogens with one attached hydrogen (secondary N) is 1. The molecule has 2 rings (SSSR count). The van der Waals surface area contributed by atoms with Crippen LogP contribution in [0.5, 0.6) is 5.75 Å². The number of ketones is 1. The van der Waals surface area contributed by atoms with E-state index in [1.54, 1.807) is 13.2 Å². The van der Waals surface area contributed by atoms with Gasteiger partial charge in [-0.1, -0.05) is 11.6 Å². The van der Waals surface area contributed by atoms with Crippen molar-refractivity contribution in [2.75, 3.05) is 13.7 Å². The fourth-order valence-electron chi connectivity index (χ4n) is 2.11. The van der Waals surface area contributed by atoms with E-state index in [1.807, 2.05) is 13.0 Å². The molecule has 1 atom stereocenters. The predicted molar refractivity (Wildman–Crippen MR) is 68.1 cm³/mol. The Balaban J connectivity index is 2.36. The summed E-state index contributed by atoms with van der Waals surface area (Å²) in [5, 5.41) is 3.80. The Morgan fingerprint density at radius 1 is 1.53 bits per heavy atom. The molecule has 1 fully saturated rings. The minimum absolute atomic E-state index is 0.0706. The zero-order chi connectivity index (χ0) is 12.4. The fraction of sp³-hybridized carbons (Fsp3) is 0.462. The van der Waals surface area contributed by atoms with E-state index < -0.39 is 0 Å². The van der Waals surface area contributed by atoms with Gasteiger partial charge in [-0.3, -0.25) is 4.79 Å². The van der Waals surface area contributed by atoms with Crippen LogP contribution in [0, 0.1) is 6.92 Å². The molecule has 0 radical (unpaired) electrons. The average Bonchev–Trinajstić information content (AvgIpc) is 2.84. The van der Waals surface area contributed by atoms with Crippen molar-refractivity contribution >= 4 is 17.4 Å². The van der Waals surface area contributed by atoms with Crippen LogP contribution in [0.15, 0.2) is 12.1 Å². The highest BCUT2D eigenvalue weighted by molar-refractivity contribution is 6.31. The van der Waals surface area contributed by atoms with E-state index >= 15 is 0 Å². The number of ether oxygens (including phenoxy) is 1. The van der Waals surface area contributed by atoms with Gasteiger partial charge in [-0.05, 0) is 44.0 Å². The molecule has 0 aromatic heterocycles. The number of carbonyl (C=O) groups excluding carboxylic acids is 1. The number of hydrogen-bond donors (Lipinski definition) is 1. The van der Waals surface area contributed by atoms with Crippen molar-refractivity contribution < 1.29 is 9.53 Å². The minimum atomic E-state index is -0.0947. The molecular formula is C13H16ClNO2. The number of rotatable bonds is 3. The maximum atomic E-state index is 12.3. The number of halogens is 1. The summed E-state index contributed by atoms with van der Waals surface area (Å²) in [6, 6.07) is 3.42. The summed E-state index contributed by atoms with van der Waals surface area (Å²) in [6.07, 6.45) is 1.92. The van der Waals surface area contributed by atoms with Crippen molar-refractivity contribution in [3.63, 3.8) is 0 Å². The van der Waals surface area contributed by atoms with Crippen LogP contribution in [-0.2, 0) is 0 Å². The summed E-state index contributed by atoms with van der Waals surface area (Å²) >= 11 is 6.07. The standard InChI is InChI=1S/C13H16ClNO2/c1-8-6-12(17-2)9(7-10(8)14)13(16)11-4-3-5-15-11/h6-7,11,15H,3-5H2,1-2H3. The molecule has 0 bridgehead atoms. The summed E-state index contributed by atoms with van der Waals surface area (Å²) in [5.41, 5.74) is 1.49. The second kappa shape index (κ2) is 5.07.